The van der Waals surface area contributed by atoms with Crippen molar-refractivity contribution in [3.8, 4) is 17.1 Å². The molecule has 1 atom stereocenters. The summed E-state index contributed by atoms with van der Waals surface area (Å²) in [5.41, 5.74) is 2.85. The van der Waals surface area contributed by atoms with Gasteiger partial charge in [0.25, 0.3) is 5.91 Å². The van der Waals surface area contributed by atoms with Crippen LogP contribution >= 0.6 is 0 Å². The SMILES string of the molecule is CNC(=O)c1cnc(NC2(Nc3cccc(-c4ncn(C)n4)c3OC)C=CC(C)=CN2)nc1. The molecule has 3 heterocycles. The number of allylic oxidation sites excluding steroid dienone is 2. The van der Waals surface area contributed by atoms with Crippen LogP contribution in [0.15, 0.2) is 60.8 Å². The third kappa shape index (κ3) is 4.61. The van der Waals surface area contributed by atoms with Crippen LogP contribution in [0.3, 0.4) is 0 Å². The molecular weight excluding hydrogens is 422 g/mol. The van der Waals surface area contributed by atoms with E-state index in [0.717, 1.165) is 11.1 Å². The molecule has 1 aliphatic rings. The third-order valence-electron chi connectivity index (χ3n) is 4.97. The predicted molar refractivity (Wildman–Crippen MR) is 124 cm³/mol. The average molecular weight is 448 g/mol. The lowest BCUT2D eigenvalue weighted by Gasteiger charge is -2.36. The van der Waals surface area contributed by atoms with Gasteiger partial charge < -0.3 is 26.0 Å². The second-order valence-corrected chi connectivity index (χ2v) is 7.43. The third-order valence-corrected chi connectivity index (χ3v) is 4.97. The molecule has 0 bridgehead atoms. The van der Waals surface area contributed by atoms with Crippen molar-refractivity contribution >= 4 is 17.5 Å². The van der Waals surface area contributed by atoms with Gasteiger partial charge in [-0.1, -0.05) is 12.1 Å². The van der Waals surface area contributed by atoms with Gasteiger partial charge in [0.05, 0.1) is 23.9 Å². The van der Waals surface area contributed by atoms with E-state index >= 15 is 0 Å². The molecule has 33 heavy (non-hydrogen) atoms. The zero-order chi connectivity index (χ0) is 23.4. The van der Waals surface area contributed by atoms with Gasteiger partial charge in [-0.25, -0.2) is 15.0 Å². The van der Waals surface area contributed by atoms with Gasteiger partial charge in [-0.05, 0) is 30.7 Å². The fraction of sp³-hybridized carbons (Fsp3) is 0.227. The van der Waals surface area contributed by atoms with Crippen LogP contribution in [0.25, 0.3) is 11.4 Å². The molecule has 0 saturated carbocycles. The standard InChI is InChI=1S/C22H25N9O2/c1-14-8-9-22(27-10-14,29-21-24-11-15(12-25-21)20(32)23-2)28-17-7-5-6-16(18(17)33-4)19-26-13-31(3)30-19/h5-13,27-28H,1-4H3,(H,23,32)(H,24,25,29). The molecule has 1 aliphatic heterocycles. The molecule has 3 aromatic rings. The first-order valence-corrected chi connectivity index (χ1v) is 10.2. The molecule has 170 valence electrons. The van der Waals surface area contributed by atoms with E-state index in [2.05, 4.69) is 41.3 Å². The van der Waals surface area contributed by atoms with E-state index in [1.54, 1.807) is 25.2 Å². The number of carbonyl (C=O) groups excluding carboxylic acids is 1. The van der Waals surface area contributed by atoms with E-state index in [1.807, 2.05) is 50.5 Å². The van der Waals surface area contributed by atoms with Crippen molar-refractivity contribution in [3.05, 3.63) is 66.4 Å². The summed E-state index contributed by atoms with van der Waals surface area (Å²) in [6, 6.07) is 5.69. The van der Waals surface area contributed by atoms with E-state index in [4.69, 9.17) is 4.74 Å². The summed E-state index contributed by atoms with van der Waals surface area (Å²) < 4.78 is 7.37. The smallest absolute Gasteiger partial charge is 0.254 e. The number of nitrogens with zero attached hydrogens (tertiary/aromatic N) is 5. The maximum atomic E-state index is 11.8. The van der Waals surface area contributed by atoms with Crippen molar-refractivity contribution < 1.29 is 9.53 Å². The van der Waals surface area contributed by atoms with E-state index in [-0.39, 0.29) is 5.91 Å². The Bertz CT molecular complexity index is 1220. The number of para-hydroxylation sites is 1. The summed E-state index contributed by atoms with van der Waals surface area (Å²) >= 11 is 0. The lowest BCUT2D eigenvalue weighted by Crippen LogP contribution is -2.56. The molecule has 0 radical (unpaired) electrons. The fourth-order valence-corrected chi connectivity index (χ4v) is 3.30. The second-order valence-electron chi connectivity index (χ2n) is 7.43. The van der Waals surface area contributed by atoms with E-state index < -0.39 is 5.79 Å². The van der Waals surface area contributed by atoms with Crippen LogP contribution in [0, 0.1) is 0 Å². The lowest BCUT2D eigenvalue weighted by molar-refractivity contribution is 0.0962. The Labute approximate surface area is 191 Å². The number of aromatic nitrogens is 5. The Kier molecular flexibility index (Phi) is 5.94. The first-order valence-electron chi connectivity index (χ1n) is 10.2. The van der Waals surface area contributed by atoms with Gasteiger partial charge in [0.2, 0.25) is 11.7 Å². The Balaban J connectivity index is 1.68. The number of anilines is 2. The van der Waals surface area contributed by atoms with Crippen molar-refractivity contribution in [2.24, 2.45) is 7.05 Å². The summed E-state index contributed by atoms with van der Waals surface area (Å²) in [7, 11) is 4.97. The molecule has 11 nitrogen and oxygen atoms in total. The minimum atomic E-state index is -0.975. The van der Waals surface area contributed by atoms with Crippen LogP contribution in [0.4, 0.5) is 11.6 Å². The quantitative estimate of drug-likeness (QED) is 0.401. The Morgan fingerprint density at radius 3 is 2.58 bits per heavy atom. The molecule has 1 unspecified atom stereocenters. The van der Waals surface area contributed by atoms with Gasteiger partial charge in [-0.2, -0.15) is 5.10 Å². The van der Waals surface area contributed by atoms with Gasteiger partial charge in [-0.3, -0.25) is 9.48 Å². The number of hydrogen-bond donors (Lipinski definition) is 4. The topological polar surface area (TPSA) is 131 Å². The summed E-state index contributed by atoms with van der Waals surface area (Å²) in [6.45, 7) is 1.98. The normalized spacial score (nSPS) is 17.0. The Morgan fingerprint density at radius 1 is 1.18 bits per heavy atom. The van der Waals surface area contributed by atoms with Crippen LogP contribution < -0.4 is 26.0 Å². The van der Waals surface area contributed by atoms with Crippen molar-refractivity contribution in [1.29, 1.82) is 0 Å². The predicted octanol–water partition coefficient (Wildman–Crippen LogP) is 1.88. The zero-order valence-corrected chi connectivity index (χ0v) is 18.7. The number of carbonyl (C=O) groups is 1. The number of amides is 1. The highest BCUT2D eigenvalue weighted by Crippen LogP contribution is 2.36. The van der Waals surface area contributed by atoms with E-state index in [1.165, 1.54) is 12.4 Å². The maximum absolute atomic E-state index is 11.8. The Morgan fingerprint density at radius 2 is 1.97 bits per heavy atom. The number of hydrogen-bond acceptors (Lipinski definition) is 9. The molecule has 1 aromatic carbocycles. The minimum Gasteiger partial charge on any atom is -0.494 e. The van der Waals surface area contributed by atoms with Crippen molar-refractivity contribution in [1.82, 2.24) is 35.4 Å². The molecule has 0 saturated heterocycles. The minimum absolute atomic E-state index is 0.256. The van der Waals surface area contributed by atoms with Gasteiger partial charge in [0, 0.05) is 32.7 Å². The molecule has 0 spiro atoms. The molecule has 2 aromatic heterocycles. The number of dihydropyridines is 1. The summed E-state index contributed by atoms with van der Waals surface area (Å²) in [4.78, 5) is 24.7. The molecule has 4 N–H and O–H groups in total. The number of aryl methyl sites for hydroxylation is 1. The van der Waals surface area contributed by atoms with Crippen LogP contribution in [-0.4, -0.2) is 50.6 Å². The summed E-state index contributed by atoms with van der Waals surface area (Å²) in [5, 5.41) is 17.0. The molecule has 1 amide bonds. The van der Waals surface area contributed by atoms with Gasteiger partial charge >= 0.3 is 0 Å². The fourth-order valence-electron chi connectivity index (χ4n) is 3.30. The van der Waals surface area contributed by atoms with Crippen molar-refractivity contribution in [2.45, 2.75) is 12.7 Å². The summed E-state index contributed by atoms with van der Waals surface area (Å²) in [5.74, 6) is 0.227. The van der Waals surface area contributed by atoms with Crippen LogP contribution in [-0.2, 0) is 7.05 Å². The first-order chi connectivity index (χ1) is 15.9. The number of benzene rings is 1. The Hall–Kier alpha value is -4.41. The number of methoxy groups -OCH3 is 1. The maximum Gasteiger partial charge on any atom is 0.254 e. The molecule has 4 rings (SSSR count). The number of ether oxygens (including phenoxy) is 1. The van der Waals surface area contributed by atoms with Gasteiger partial charge in [0.1, 0.15) is 6.33 Å². The molecule has 11 heteroatoms. The molecule has 0 fully saturated rings. The summed E-state index contributed by atoms with van der Waals surface area (Å²) in [6.07, 6.45) is 10.3. The largest absolute Gasteiger partial charge is 0.494 e. The molecular formula is C22H25N9O2. The highest BCUT2D eigenvalue weighted by Gasteiger charge is 2.30. The van der Waals surface area contributed by atoms with E-state index in [0.29, 0.717) is 28.8 Å². The van der Waals surface area contributed by atoms with Gasteiger partial charge in [0.15, 0.2) is 11.6 Å². The van der Waals surface area contributed by atoms with Crippen LogP contribution in [0.2, 0.25) is 0 Å². The first kappa shape index (κ1) is 21.8. The average Bonchev–Trinajstić information content (AvgIpc) is 3.27. The van der Waals surface area contributed by atoms with Crippen molar-refractivity contribution in [3.63, 3.8) is 0 Å². The van der Waals surface area contributed by atoms with Gasteiger partial charge in [-0.15, -0.1) is 0 Å². The highest BCUT2D eigenvalue weighted by molar-refractivity contribution is 5.93. The zero-order valence-electron chi connectivity index (χ0n) is 18.7. The number of nitrogens with one attached hydrogen (secondary N) is 4. The highest BCUT2D eigenvalue weighted by atomic mass is 16.5. The van der Waals surface area contributed by atoms with Crippen LogP contribution in [0.5, 0.6) is 5.75 Å². The second kappa shape index (κ2) is 8.99. The lowest BCUT2D eigenvalue weighted by atomic mass is 10.1. The number of rotatable bonds is 7. The molecule has 0 aliphatic carbocycles. The van der Waals surface area contributed by atoms with Crippen LogP contribution in [0.1, 0.15) is 17.3 Å². The van der Waals surface area contributed by atoms with Crippen molar-refractivity contribution in [2.75, 3.05) is 24.8 Å². The monoisotopic (exact) mass is 447 g/mol. The van der Waals surface area contributed by atoms with E-state index in [9.17, 15) is 4.79 Å².